The molecule has 8 heteroatoms. The van der Waals surface area contributed by atoms with Gasteiger partial charge in [0.25, 0.3) is 0 Å². The van der Waals surface area contributed by atoms with Gasteiger partial charge in [-0.15, -0.1) is 0 Å². The van der Waals surface area contributed by atoms with Gasteiger partial charge in [0.05, 0.1) is 30.1 Å². The van der Waals surface area contributed by atoms with Crippen molar-refractivity contribution in [3.63, 3.8) is 0 Å². The molecule has 1 spiro atoms. The van der Waals surface area contributed by atoms with E-state index in [1.54, 1.807) is 10.7 Å². The Bertz CT molecular complexity index is 1390. The van der Waals surface area contributed by atoms with E-state index in [1.165, 1.54) is 4.90 Å². The molecule has 5 heterocycles. The normalized spacial score (nSPS) is 18.5. The number of benzene rings is 1. The molecule has 1 unspecified atom stereocenters. The summed E-state index contributed by atoms with van der Waals surface area (Å²) >= 11 is 1.88. The zero-order chi connectivity index (χ0) is 23.8. The van der Waals surface area contributed by atoms with Crippen LogP contribution in [-0.4, -0.2) is 50.7 Å². The summed E-state index contributed by atoms with van der Waals surface area (Å²) in [6, 6.07) is 19.0. The molecule has 2 fully saturated rings. The maximum atomic E-state index is 9.57. The molecule has 1 aromatic carbocycles. The van der Waals surface area contributed by atoms with Crippen molar-refractivity contribution in [2.24, 2.45) is 0 Å². The molecule has 3 aromatic heterocycles. The SMILES string of the molecule is CCOc1cc(-c2ccc(N3CCC4(CC3)CN4Sc3ccccc3)nc2)c2c(C#N)cnn2c1. The van der Waals surface area contributed by atoms with Gasteiger partial charge < -0.3 is 9.64 Å². The molecule has 0 saturated carbocycles. The summed E-state index contributed by atoms with van der Waals surface area (Å²) in [5.41, 5.74) is 3.48. The van der Waals surface area contributed by atoms with E-state index in [0.29, 0.717) is 17.7 Å². The van der Waals surface area contributed by atoms with Crippen LogP contribution in [0.4, 0.5) is 5.82 Å². The lowest BCUT2D eigenvalue weighted by atomic mass is 9.97. The molecule has 0 bridgehead atoms. The third-order valence-corrected chi connectivity index (χ3v) is 8.14. The standard InChI is InChI=1S/C27H26N6OS/c1-2-34-22-14-24(26-21(15-28)17-30-32(26)18-22)20-8-9-25(29-16-20)31-12-10-27(11-13-31)19-33(27)35-23-6-4-3-5-7-23/h3-9,14,16-18H,2,10-13,19H2,1H3. The van der Waals surface area contributed by atoms with E-state index >= 15 is 0 Å². The largest absolute Gasteiger partial charge is 0.492 e. The zero-order valence-corrected chi connectivity index (χ0v) is 20.4. The Balaban J connectivity index is 1.18. The average molecular weight is 483 g/mol. The second kappa shape index (κ2) is 8.91. The van der Waals surface area contributed by atoms with Crippen LogP contribution in [0.25, 0.3) is 16.6 Å². The minimum absolute atomic E-state index is 0.331. The summed E-state index contributed by atoms with van der Waals surface area (Å²) in [7, 11) is 0. The van der Waals surface area contributed by atoms with Crippen LogP contribution < -0.4 is 9.64 Å². The predicted octanol–water partition coefficient (Wildman–Crippen LogP) is 5.03. The summed E-state index contributed by atoms with van der Waals surface area (Å²) in [5, 5.41) is 13.9. The summed E-state index contributed by atoms with van der Waals surface area (Å²) in [6.45, 7) is 5.68. The van der Waals surface area contributed by atoms with E-state index < -0.39 is 0 Å². The Morgan fingerprint density at radius 1 is 1.11 bits per heavy atom. The van der Waals surface area contributed by atoms with Crippen molar-refractivity contribution in [2.45, 2.75) is 30.2 Å². The number of nitrogens with zero attached hydrogens (tertiary/aromatic N) is 6. The van der Waals surface area contributed by atoms with Gasteiger partial charge in [-0.3, -0.25) is 0 Å². The molecule has 0 amide bonds. The second-order valence-electron chi connectivity index (χ2n) is 9.04. The molecule has 176 valence electrons. The van der Waals surface area contributed by atoms with Crippen molar-refractivity contribution in [1.82, 2.24) is 18.9 Å². The van der Waals surface area contributed by atoms with E-state index in [0.717, 1.165) is 60.7 Å². The lowest BCUT2D eigenvalue weighted by molar-refractivity contribution is 0.338. The van der Waals surface area contributed by atoms with Gasteiger partial charge in [-0.25, -0.2) is 13.8 Å². The van der Waals surface area contributed by atoms with Gasteiger partial charge in [0, 0.05) is 47.4 Å². The molecule has 6 rings (SSSR count). The van der Waals surface area contributed by atoms with Gasteiger partial charge >= 0.3 is 0 Å². The topological polar surface area (TPSA) is 69.5 Å². The first-order chi connectivity index (χ1) is 17.2. The molecule has 0 N–H and O–H groups in total. The van der Waals surface area contributed by atoms with Crippen molar-refractivity contribution in [3.8, 4) is 22.9 Å². The lowest BCUT2D eigenvalue weighted by Crippen LogP contribution is -2.39. The molecule has 2 saturated heterocycles. The zero-order valence-electron chi connectivity index (χ0n) is 19.6. The van der Waals surface area contributed by atoms with Crippen LogP contribution in [-0.2, 0) is 0 Å². The molecule has 2 aliphatic rings. The number of piperidine rings is 1. The number of nitriles is 1. The van der Waals surface area contributed by atoms with E-state index in [4.69, 9.17) is 9.72 Å². The number of pyridine rings is 2. The maximum Gasteiger partial charge on any atom is 0.138 e. The van der Waals surface area contributed by atoms with E-state index in [1.807, 2.05) is 37.3 Å². The quantitative estimate of drug-likeness (QED) is 0.282. The first-order valence-electron chi connectivity index (χ1n) is 12.0. The van der Waals surface area contributed by atoms with Crippen LogP contribution in [0.5, 0.6) is 5.75 Å². The van der Waals surface area contributed by atoms with E-state index in [9.17, 15) is 5.26 Å². The molecule has 2 aliphatic heterocycles. The molecule has 7 nitrogen and oxygen atoms in total. The van der Waals surface area contributed by atoms with E-state index in [-0.39, 0.29) is 0 Å². The number of fused-ring (bicyclic) bond motifs is 1. The van der Waals surface area contributed by atoms with Gasteiger partial charge in [0.15, 0.2) is 0 Å². The molecule has 1 atom stereocenters. The third kappa shape index (κ3) is 4.11. The fraction of sp³-hybridized carbons (Fsp3) is 0.296. The molecule has 0 radical (unpaired) electrons. The average Bonchev–Trinajstić information content (AvgIpc) is 3.37. The van der Waals surface area contributed by atoms with E-state index in [2.05, 4.69) is 62.8 Å². The predicted molar refractivity (Wildman–Crippen MR) is 137 cm³/mol. The fourth-order valence-corrected chi connectivity index (χ4v) is 6.12. The highest BCUT2D eigenvalue weighted by Gasteiger charge is 2.53. The molecule has 35 heavy (non-hydrogen) atoms. The Morgan fingerprint density at radius 2 is 1.94 bits per heavy atom. The molecular weight excluding hydrogens is 456 g/mol. The Hall–Kier alpha value is -3.54. The highest BCUT2D eigenvalue weighted by molar-refractivity contribution is 7.97. The van der Waals surface area contributed by atoms with Crippen LogP contribution in [0.15, 0.2) is 72.0 Å². The smallest absolute Gasteiger partial charge is 0.138 e. The van der Waals surface area contributed by atoms with Crippen molar-refractivity contribution in [3.05, 3.63) is 72.7 Å². The van der Waals surface area contributed by atoms with Crippen molar-refractivity contribution in [2.75, 3.05) is 31.1 Å². The van der Waals surface area contributed by atoms with Gasteiger partial charge in [-0.1, -0.05) is 18.2 Å². The van der Waals surface area contributed by atoms with Crippen LogP contribution in [0, 0.1) is 11.3 Å². The van der Waals surface area contributed by atoms with Gasteiger partial charge in [0.1, 0.15) is 17.6 Å². The summed E-state index contributed by atoms with van der Waals surface area (Å²) in [4.78, 5) is 8.50. The Labute approximate surface area is 209 Å². The van der Waals surface area contributed by atoms with Crippen LogP contribution >= 0.6 is 11.9 Å². The molecule has 0 aliphatic carbocycles. The highest BCUT2D eigenvalue weighted by Crippen LogP contribution is 2.49. The van der Waals surface area contributed by atoms with Crippen LogP contribution in [0.2, 0.25) is 0 Å². The third-order valence-electron chi connectivity index (χ3n) is 6.92. The Morgan fingerprint density at radius 3 is 2.66 bits per heavy atom. The first-order valence-corrected chi connectivity index (χ1v) is 12.7. The number of rotatable bonds is 6. The number of anilines is 1. The molecule has 4 aromatic rings. The monoisotopic (exact) mass is 482 g/mol. The first kappa shape index (κ1) is 22.0. The lowest BCUT2D eigenvalue weighted by Gasteiger charge is -2.33. The number of aromatic nitrogens is 3. The molecular formula is C27H26N6OS. The summed E-state index contributed by atoms with van der Waals surface area (Å²) in [6.07, 6.45) is 7.60. The minimum atomic E-state index is 0.331. The number of ether oxygens (including phenoxy) is 1. The fourth-order valence-electron chi connectivity index (χ4n) is 4.91. The van der Waals surface area contributed by atoms with Gasteiger partial charge in [-0.2, -0.15) is 10.4 Å². The van der Waals surface area contributed by atoms with Crippen LogP contribution in [0.3, 0.4) is 0 Å². The number of hydrogen-bond acceptors (Lipinski definition) is 7. The summed E-state index contributed by atoms with van der Waals surface area (Å²) < 4.78 is 9.98. The minimum Gasteiger partial charge on any atom is -0.492 e. The Kier molecular flexibility index (Phi) is 5.59. The number of hydrogen-bond donors (Lipinski definition) is 0. The second-order valence-corrected chi connectivity index (χ2v) is 10.1. The van der Waals surface area contributed by atoms with Crippen molar-refractivity contribution in [1.29, 1.82) is 5.26 Å². The highest BCUT2D eigenvalue weighted by atomic mass is 32.2. The van der Waals surface area contributed by atoms with Gasteiger partial charge in [0.2, 0.25) is 0 Å². The van der Waals surface area contributed by atoms with Gasteiger partial charge in [-0.05, 0) is 62.0 Å². The maximum absolute atomic E-state index is 9.57. The van der Waals surface area contributed by atoms with Crippen LogP contribution in [0.1, 0.15) is 25.3 Å². The summed E-state index contributed by atoms with van der Waals surface area (Å²) in [5.74, 6) is 1.72. The van der Waals surface area contributed by atoms with Crippen molar-refractivity contribution < 1.29 is 4.74 Å². The van der Waals surface area contributed by atoms with Crippen molar-refractivity contribution >= 4 is 23.3 Å².